The van der Waals surface area contributed by atoms with Gasteiger partial charge >= 0.3 is 0 Å². The largest absolute Gasteiger partial charge is 0.286 e. The van der Waals surface area contributed by atoms with E-state index >= 15 is 0 Å². The van der Waals surface area contributed by atoms with Crippen molar-refractivity contribution in [3.8, 4) is 0 Å². The molecule has 24 heavy (non-hydrogen) atoms. The molecule has 0 aromatic heterocycles. The molecule has 3 rings (SSSR count). The number of amidine groups is 1. The lowest BCUT2D eigenvalue weighted by Crippen LogP contribution is -2.30. The van der Waals surface area contributed by atoms with E-state index in [-0.39, 0.29) is 5.91 Å². The highest BCUT2D eigenvalue weighted by molar-refractivity contribution is 8.18. The average molecular weight is 336 g/mol. The molecule has 2 aromatic carbocycles. The maximum absolute atomic E-state index is 12.8. The van der Waals surface area contributed by atoms with Gasteiger partial charge in [-0.15, -0.1) is 0 Å². The third-order valence-corrected chi connectivity index (χ3v) is 4.71. The molecule has 1 saturated heterocycles. The molecular formula is C20H20N2OS. The number of hydrogen-bond acceptors (Lipinski definition) is 3. The molecule has 0 radical (unpaired) electrons. The predicted octanol–water partition coefficient (Wildman–Crippen LogP) is 5.09. The van der Waals surface area contributed by atoms with Gasteiger partial charge in [-0.2, -0.15) is 0 Å². The van der Waals surface area contributed by atoms with Gasteiger partial charge in [0.25, 0.3) is 5.91 Å². The Morgan fingerprint density at radius 1 is 1.04 bits per heavy atom. The van der Waals surface area contributed by atoms with Gasteiger partial charge in [0.1, 0.15) is 0 Å². The maximum atomic E-state index is 12.8. The van der Waals surface area contributed by atoms with Gasteiger partial charge in [0.15, 0.2) is 5.17 Å². The summed E-state index contributed by atoms with van der Waals surface area (Å²) in [5, 5.41) is 0.766. The summed E-state index contributed by atoms with van der Waals surface area (Å²) in [4.78, 5) is 20.0. The van der Waals surface area contributed by atoms with Crippen molar-refractivity contribution in [3.05, 3.63) is 71.1 Å². The van der Waals surface area contributed by atoms with Crippen molar-refractivity contribution in [2.45, 2.75) is 19.8 Å². The molecule has 0 saturated carbocycles. The van der Waals surface area contributed by atoms with Crippen molar-refractivity contribution in [1.29, 1.82) is 0 Å². The van der Waals surface area contributed by atoms with Crippen LogP contribution in [0.5, 0.6) is 0 Å². The summed E-state index contributed by atoms with van der Waals surface area (Å²) in [7, 11) is 0. The zero-order chi connectivity index (χ0) is 16.8. The summed E-state index contributed by atoms with van der Waals surface area (Å²) < 4.78 is 0. The number of aliphatic imine (C=N–C) groups is 1. The van der Waals surface area contributed by atoms with Gasteiger partial charge in [-0.1, -0.05) is 61.9 Å². The van der Waals surface area contributed by atoms with E-state index < -0.39 is 0 Å². The molecule has 4 heteroatoms. The highest BCUT2D eigenvalue weighted by atomic mass is 32.2. The van der Waals surface area contributed by atoms with Crippen LogP contribution in [0.1, 0.15) is 25.3 Å². The molecule has 1 heterocycles. The smallest absolute Gasteiger partial charge is 0.266 e. The number of benzene rings is 2. The number of amides is 1. The number of para-hydroxylation sites is 1. The summed E-state index contributed by atoms with van der Waals surface area (Å²) in [6, 6.07) is 19.7. The SMILES string of the molecule is CCCCN1C(=O)/C(=C/c2ccccc2)S/C1=N\c1ccccc1. The molecule has 0 unspecified atom stereocenters. The first-order valence-electron chi connectivity index (χ1n) is 8.18. The molecular weight excluding hydrogens is 316 g/mol. The fraction of sp³-hybridized carbons (Fsp3) is 0.200. The van der Waals surface area contributed by atoms with Gasteiger partial charge in [0, 0.05) is 6.54 Å². The number of carbonyl (C=O) groups excluding carboxylic acids is 1. The number of carbonyl (C=O) groups is 1. The van der Waals surface area contributed by atoms with Gasteiger partial charge < -0.3 is 0 Å². The van der Waals surface area contributed by atoms with Crippen LogP contribution in [0.3, 0.4) is 0 Å². The molecule has 0 spiro atoms. The van der Waals surface area contributed by atoms with E-state index in [1.54, 1.807) is 4.90 Å². The van der Waals surface area contributed by atoms with Gasteiger partial charge in [0.2, 0.25) is 0 Å². The van der Waals surface area contributed by atoms with Gasteiger partial charge in [-0.3, -0.25) is 9.69 Å². The molecule has 0 atom stereocenters. The third kappa shape index (κ3) is 3.95. The number of hydrogen-bond donors (Lipinski definition) is 0. The highest BCUT2D eigenvalue weighted by Gasteiger charge is 2.32. The lowest BCUT2D eigenvalue weighted by Gasteiger charge is -2.14. The maximum Gasteiger partial charge on any atom is 0.266 e. The van der Waals surface area contributed by atoms with E-state index in [2.05, 4.69) is 11.9 Å². The van der Waals surface area contributed by atoms with Gasteiger partial charge in [-0.05, 0) is 42.0 Å². The third-order valence-electron chi connectivity index (χ3n) is 3.70. The molecule has 1 fully saturated rings. The Balaban J connectivity index is 1.91. The first-order chi connectivity index (χ1) is 11.8. The van der Waals surface area contributed by atoms with Crippen LogP contribution in [-0.4, -0.2) is 22.5 Å². The van der Waals surface area contributed by atoms with E-state index in [0.29, 0.717) is 6.54 Å². The second kappa shape index (κ2) is 7.97. The Morgan fingerprint density at radius 2 is 1.71 bits per heavy atom. The van der Waals surface area contributed by atoms with Crippen LogP contribution in [0.4, 0.5) is 5.69 Å². The average Bonchev–Trinajstić information content (AvgIpc) is 2.90. The minimum absolute atomic E-state index is 0.0481. The Labute approximate surface area is 147 Å². The number of thioether (sulfide) groups is 1. The summed E-state index contributed by atoms with van der Waals surface area (Å²) in [5.41, 5.74) is 1.90. The zero-order valence-corrected chi connectivity index (χ0v) is 14.5. The van der Waals surface area contributed by atoms with Crippen LogP contribution in [-0.2, 0) is 4.79 Å². The molecule has 1 amide bonds. The van der Waals surface area contributed by atoms with Crippen LogP contribution in [0, 0.1) is 0 Å². The van der Waals surface area contributed by atoms with E-state index in [1.165, 1.54) is 11.8 Å². The zero-order valence-electron chi connectivity index (χ0n) is 13.7. The Kier molecular flexibility index (Phi) is 5.49. The number of nitrogens with zero attached hydrogens (tertiary/aromatic N) is 2. The monoisotopic (exact) mass is 336 g/mol. The molecule has 3 nitrogen and oxygen atoms in total. The van der Waals surface area contributed by atoms with Gasteiger partial charge in [-0.25, -0.2) is 4.99 Å². The van der Waals surface area contributed by atoms with Crippen LogP contribution in [0.15, 0.2) is 70.6 Å². The Hall–Kier alpha value is -2.33. The first kappa shape index (κ1) is 16.5. The summed E-state index contributed by atoms with van der Waals surface area (Å²) in [6.45, 7) is 2.84. The molecule has 1 aliphatic heterocycles. The quantitative estimate of drug-likeness (QED) is 0.712. The first-order valence-corrected chi connectivity index (χ1v) is 9.00. The van der Waals surface area contributed by atoms with E-state index in [1.807, 2.05) is 66.7 Å². The number of unbranched alkanes of at least 4 members (excludes halogenated alkanes) is 1. The summed E-state index contributed by atoms with van der Waals surface area (Å²) >= 11 is 1.45. The van der Waals surface area contributed by atoms with E-state index in [4.69, 9.17) is 0 Å². The fourth-order valence-corrected chi connectivity index (χ4v) is 3.44. The van der Waals surface area contributed by atoms with Crippen molar-refractivity contribution >= 4 is 34.6 Å². The lowest BCUT2D eigenvalue weighted by molar-refractivity contribution is -0.122. The fourth-order valence-electron chi connectivity index (χ4n) is 2.42. The molecule has 122 valence electrons. The lowest BCUT2D eigenvalue weighted by atomic mass is 10.2. The van der Waals surface area contributed by atoms with Crippen LogP contribution < -0.4 is 0 Å². The van der Waals surface area contributed by atoms with Crippen LogP contribution in [0.25, 0.3) is 6.08 Å². The molecule has 2 aromatic rings. The minimum atomic E-state index is 0.0481. The van der Waals surface area contributed by atoms with Crippen molar-refractivity contribution in [2.75, 3.05) is 6.54 Å². The number of rotatable bonds is 5. The van der Waals surface area contributed by atoms with Crippen molar-refractivity contribution in [3.63, 3.8) is 0 Å². The van der Waals surface area contributed by atoms with E-state index in [9.17, 15) is 4.79 Å². The Morgan fingerprint density at radius 3 is 2.38 bits per heavy atom. The predicted molar refractivity (Wildman–Crippen MR) is 102 cm³/mol. The molecule has 0 aliphatic carbocycles. The van der Waals surface area contributed by atoms with Crippen molar-refractivity contribution in [2.24, 2.45) is 4.99 Å². The molecule has 1 aliphatic rings. The summed E-state index contributed by atoms with van der Waals surface area (Å²) in [5.74, 6) is 0.0481. The second-order valence-electron chi connectivity index (χ2n) is 5.56. The standard InChI is InChI=1S/C20H20N2OS/c1-2-3-14-22-19(23)18(15-16-10-6-4-7-11-16)24-20(22)21-17-12-8-5-9-13-17/h4-13,15H,2-3,14H2,1H3/b18-15-,21-20-. The second-order valence-corrected chi connectivity index (χ2v) is 6.57. The Bertz CT molecular complexity index is 754. The topological polar surface area (TPSA) is 32.7 Å². The summed E-state index contributed by atoms with van der Waals surface area (Å²) in [6.07, 6.45) is 3.96. The normalized spacial score (nSPS) is 17.9. The molecule has 0 N–H and O–H groups in total. The van der Waals surface area contributed by atoms with E-state index in [0.717, 1.165) is 34.2 Å². The highest BCUT2D eigenvalue weighted by Crippen LogP contribution is 2.34. The van der Waals surface area contributed by atoms with Crippen molar-refractivity contribution < 1.29 is 4.79 Å². The van der Waals surface area contributed by atoms with Crippen molar-refractivity contribution in [1.82, 2.24) is 4.90 Å². The van der Waals surface area contributed by atoms with Crippen LogP contribution >= 0.6 is 11.8 Å². The van der Waals surface area contributed by atoms with Crippen LogP contribution in [0.2, 0.25) is 0 Å². The van der Waals surface area contributed by atoms with Gasteiger partial charge in [0.05, 0.1) is 10.6 Å². The molecule has 0 bridgehead atoms. The minimum Gasteiger partial charge on any atom is -0.286 e.